The maximum atomic E-state index is 10.7. The van der Waals surface area contributed by atoms with Crippen LogP contribution in [-0.2, 0) is 11.1 Å². The first-order valence-corrected chi connectivity index (χ1v) is 6.45. The standard InChI is InChI=1S/C12H18O2S/c1-3-5-10(4-2)11-6-8-12(9-7-11)15(13)14/h6-10H,3-5H2,1-2H3,(H,13,14)/p-1. The predicted octanol–water partition coefficient (Wildman–Crippen LogP) is 3.22. The molecule has 3 heteroatoms. The molecule has 1 rings (SSSR count). The van der Waals surface area contributed by atoms with Crippen molar-refractivity contribution in [1.82, 2.24) is 0 Å². The quantitative estimate of drug-likeness (QED) is 0.722. The summed E-state index contributed by atoms with van der Waals surface area (Å²) in [5.41, 5.74) is 1.24. The number of benzene rings is 1. The molecule has 0 radical (unpaired) electrons. The van der Waals surface area contributed by atoms with Gasteiger partial charge >= 0.3 is 0 Å². The van der Waals surface area contributed by atoms with Crippen LogP contribution in [0.5, 0.6) is 0 Å². The zero-order chi connectivity index (χ0) is 11.3. The predicted molar refractivity (Wildman–Crippen MR) is 61.6 cm³/mol. The van der Waals surface area contributed by atoms with Gasteiger partial charge in [-0.2, -0.15) is 0 Å². The van der Waals surface area contributed by atoms with Crippen molar-refractivity contribution < 1.29 is 8.76 Å². The number of rotatable bonds is 5. The normalized spacial score (nSPS) is 14.9. The highest BCUT2D eigenvalue weighted by Crippen LogP contribution is 2.25. The van der Waals surface area contributed by atoms with Crippen molar-refractivity contribution in [1.29, 1.82) is 0 Å². The molecule has 1 aromatic carbocycles. The van der Waals surface area contributed by atoms with E-state index in [-0.39, 0.29) is 0 Å². The number of hydrogen-bond acceptors (Lipinski definition) is 2. The van der Waals surface area contributed by atoms with E-state index in [0.717, 1.165) is 19.3 Å². The molecule has 0 saturated carbocycles. The van der Waals surface area contributed by atoms with E-state index in [0.29, 0.717) is 10.8 Å². The Balaban J connectivity index is 2.81. The third kappa shape index (κ3) is 3.43. The monoisotopic (exact) mass is 225 g/mol. The highest BCUT2D eigenvalue weighted by atomic mass is 32.2. The zero-order valence-electron chi connectivity index (χ0n) is 9.23. The van der Waals surface area contributed by atoms with Crippen LogP contribution in [0.4, 0.5) is 0 Å². The third-order valence-electron chi connectivity index (χ3n) is 2.67. The molecule has 2 atom stereocenters. The molecular weight excluding hydrogens is 208 g/mol. The average molecular weight is 225 g/mol. The van der Waals surface area contributed by atoms with Crippen molar-refractivity contribution in [2.75, 3.05) is 0 Å². The van der Waals surface area contributed by atoms with Gasteiger partial charge in [0.25, 0.3) is 0 Å². The van der Waals surface area contributed by atoms with E-state index in [1.165, 1.54) is 5.56 Å². The first kappa shape index (κ1) is 12.4. The van der Waals surface area contributed by atoms with Crippen molar-refractivity contribution in [2.24, 2.45) is 0 Å². The average Bonchev–Trinajstić information content (AvgIpc) is 2.26. The summed E-state index contributed by atoms with van der Waals surface area (Å²) in [7, 11) is 0. The second-order valence-electron chi connectivity index (χ2n) is 3.70. The third-order valence-corrected chi connectivity index (χ3v) is 3.33. The summed E-state index contributed by atoms with van der Waals surface area (Å²) in [5, 5.41) is 0. The molecule has 0 N–H and O–H groups in total. The lowest BCUT2D eigenvalue weighted by Gasteiger charge is -2.15. The van der Waals surface area contributed by atoms with Gasteiger partial charge in [-0.05, 0) is 47.5 Å². The molecule has 0 aliphatic heterocycles. The molecule has 0 aromatic heterocycles. The lowest BCUT2D eigenvalue weighted by molar-refractivity contribution is 0.537. The summed E-state index contributed by atoms with van der Waals surface area (Å²) in [6.07, 6.45) is 3.43. The molecule has 1 aromatic rings. The molecule has 0 spiro atoms. The molecule has 0 bridgehead atoms. The molecule has 0 fully saturated rings. The highest BCUT2D eigenvalue weighted by Gasteiger charge is 2.07. The first-order chi connectivity index (χ1) is 7.19. The molecule has 15 heavy (non-hydrogen) atoms. The minimum absolute atomic E-state index is 0.366. The maximum absolute atomic E-state index is 10.7. The van der Waals surface area contributed by atoms with Gasteiger partial charge in [-0.15, -0.1) is 0 Å². The fourth-order valence-corrected chi connectivity index (χ4v) is 2.16. The summed E-state index contributed by atoms with van der Waals surface area (Å²) in [6, 6.07) is 7.21. The minimum Gasteiger partial charge on any atom is -0.768 e. The van der Waals surface area contributed by atoms with Gasteiger partial charge in [0.15, 0.2) is 0 Å². The van der Waals surface area contributed by atoms with Crippen LogP contribution in [0.25, 0.3) is 0 Å². The smallest absolute Gasteiger partial charge is 0.0248 e. The van der Waals surface area contributed by atoms with Crippen molar-refractivity contribution >= 4 is 11.1 Å². The van der Waals surface area contributed by atoms with Gasteiger partial charge < -0.3 is 4.55 Å². The second kappa shape index (κ2) is 6.03. The summed E-state index contributed by atoms with van der Waals surface area (Å²) in [4.78, 5) is 0.366. The van der Waals surface area contributed by atoms with Crippen LogP contribution in [-0.4, -0.2) is 8.76 Å². The first-order valence-electron chi connectivity index (χ1n) is 5.38. The van der Waals surface area contributed by atoms with E-state index < -0.39 is 11.1 Å². The van der Waals surface area contributed by atoms with E-state index in [2.05, 4.69) is 13.8 Å². The second-order valence-corrected chi connectivity index (χ2v) is 4.64. The van der Waals surface area contributed by atoms with Crippen LogP contribution in [0.2, 0.25) is 0 Å². The lowest BCUT2D eigenvalue weighted by Crippen LogP contribution is -1.97. The molecule has 2 unspecified atom stereocenters. The van der Waals surface area contributed by atoms with Crippen molar-refractivity contribution in [3.63, 3.8) is 0 Å². The summed E-state index contributed by atoms with van der Waals surface area (Å²) >= 11 is -2.11. The van der Waals surface area contributed by atoms with Crippen molar-refractivity contribution in [3.8, 4) is 0 Å². The fraction of sp³-hybridized carbons (Fsp3) is 0.500. The van der Waals surface area contributed by atoms with Crippen LogP contribution in [0, 0.1) is 0 Å². The van der Waals surface area contributed by atoms with Gasteiger partial charge in [0.2, 0.25) is 0 Å². The Morgan fingerprint density at radius 3 is 2.27 bits per heavy atom. The topological polar surface area (TPSA) is 40.1 Å². The molecule has 0 aliphatic rings. The van der Waals surface area contributed by atoms with Gasteiger partial charge in [-0.1, -0.05) is 32.4 Å². The van der Waals surface area contributed by atoms with Crippen molar-refractivity contribution in [2.45, 2.75) is 43.9 Å². The van der Waals surface area contributed by atoms with Crippen molar-refractivity contribution in [3.05, 3.63) is 29.8 Å². The van der Waals surface area contributed by atoms with E-state index in [4.69, 9.17) is 0 Å². The molecule has 0 amide bonds. The Morgan fingerprint density at radius 2 is 1.87 bits per heavy atom. The Bertz CT molecular complexity index is 319. The summed E-state index contributed by atoms with van der Waals surface area (Å²) in [6.45, 7) is 4.34. The molecule has 84 valence electrons. The van der Waals surface area contributed by atoms with Gasteiger partial charge in [0.05, 0.1) is 0 Å². The minimum atomic E-state index is -2.11. The van der Waals surface area contributed by atoms with Gasteiger partial charge in [0, 0.05) is 4.90 Å². The fourth-order valence-electron chi connectivity index (χ4n) is 1.81. The zero-order valence-corrected chi connectivity index (χ0v) is 10.0. The van der Waals surface area contributed by atoms with E-state index in [1.54, 1.807) is 12.1 Å². The van der Waals surface area contributed by atoms with Crippen LogP contribution >= 0.6 is 0 Å². The molecule has 0 aliphatic carbocycles. The van der Waals surface area contributed by atoms with E-state index >= 15 is 0 Å². The molecular formula is C12H17O2S-. The van der Waals surface area contributed by atoms with Crippen LogP contribution in [0.3, 0.4) is 0 Å². The Morgan fingerprint density at radius 1 is 1.27 bits per heavy atom. The molecule has 2 nitrogen and oxygen atoms in total. The van der Waals surface area contributed by atoms with Crippen LogP contribution in [0.15, 0.2) is 29.2 Å². The molecule has 0 heterocycles. The highest BCUT2D eigenvalue weighted by molar-refractivity contribution is 7.79. The summed E-state index contributed by atoms with van der Waals surface area (Å²) < 4.78 is 21.4. The summed E-state index contributed by atoms with van der Waals surface area (Å²) in [5.74, 6) is 0.559. The van der Waals surface area contributed by atoms with Gasteiger partial charge in [-0.3, -0.25) is 4.21 Å². The Labute approximate surface area is 94.0 Å². The maximum Gasteiger partial charge on any atom is 0.0248 e. The van der Waals surface area contributed by atoms with E-state index in [9.17, 15) is 8.76 Å². The van der Waals surface area contributed by atoms with Gasteiger partial charge in [-0.25, -0.2) is 0 Å². The largest absolute Gasteiger partial charge is 0.768 e. The number of hydrogen-bond donors (Lipinski definition) is 0. The molecule has 0 saturated heterocycles. The SMILES string of the molecule is CCCC(CC)c1ccc(S(=O)[O-])cc1. The van der Waals surface area contributed by atoms with Crippen LogP contribution < -0.4 is 0 Å². The lowest BCUT2D eigenvalue weighted by atomic mass is 9.92. The Kier molecular flexibility index (Phi) is 4.99. The van der Waals surface area contributed by atoms with Crippen LogP contribution in [0.1, 0.15) is 44.6 Å². The Hall–Kier alpha value is -0.670. The van der Waals surface area contributed by atoms with Gasteiger partial charge in [0.1, 0.15) is 0 Å². The van der Waals surface area contributed by atoms with E-state index in [1.807, 2.05) is 12.1 Å².